The van der Waals surface area contributed by atoms with Crippen molar-refractivity contribution in [2.24, 2.45) is 11.8 Å². The molecule has 5 unspecified atom stereocenters. The molecule has 0 radical (unpaired) electrons. The van der Waals surface area contributed by atoms with E-state index in [1.54, 1.807) is 6.33 Å². The Morgan fingerprint density at radius 3 is 2.67 bits per heavy atom. The molecule has 4 aromatic heterocycles. The van der Waals surface area contributed by atoms with E-state index >= 15 is 0 Å². The number of rotatable bonds is 8. The summed E-state index contributed by atoms with van der Waals surface area (Å²) >= 11 is 3.77. The molecule has 10 rings (SSSR count). The van der Waals surface area contributed by atoms with Gasteiger partial charge in [0.2, 0.25) is 0 Å². The highest BCUT2D eigenvalue weighted by atomic mass is 32.1. The van der Waals surface area contributed by atoms with E-state index in [1.807, 2.05) is 22.7 Å². The van der Waals surface area contributed by atoms with Gasteiger partial charge in [0.25, 0.3) is 0 Å². The summed E-state index contributed by atoms with van der Waals surface area (Å²) in [6, 6.07) is 1.15. The molecule has 3 saturated carbocycles. The summed E-state index contributed by atoms with van der Waals surface area (Å²) in [5.74, 6) is 4.92. The zero-order chi connectivity index (χ0) is 30.1. The van der Waals surface area contributed by atoms with Crippen LogP contribution in [0.5, 0.6) is 0 Å². The molecule has 1 aliphatic heterocycles. The Morgan fingerprint density at radius 2 is 1.80 bits per heavy atom. The molecule has 11 heteroatoms. The van der Waals surface area contributed by atoms with Crippen molar-refractivity contribution in [1.29, 1.82) is 0 Å². The summed E-state index contributed by atoms with van der Waals surface area (Å²) < 4.78 is 0. The molecule has 0 spiro atoms. The highest BCUT2D eigenvalue weighted by Crippen LogP contribution is 2.48. The van der Waals surface area contributed by atoms with Crippen LogP contribution in [0.4, 0.5) is 11.6 Å². The monoisotopic (exact) mass is 643 g/mol. The molecule has 0 aromatic carbocycles. The normalized spacial score (nSPS) is 27.9. The van der Waals surface area contributed by atoms with E-state index in [1.165, 1.54) is 75.0 Å². The van der Waals surface area contributed by atoms with E-state index in [2.05, 4.69) is 39.8 Å². The topological polar surface area (TPSA) is 94.1 Å². The van der Waals surface area contributed by atoms with Gasteiger partial charge in [-0.2, -0.15) is 0 Å². The third-order valence-corrected chi connectivity index (χ3v) is 13.8. The first-order valence-electron chi connectivity index (χ1n) is 17.3. The van der Waals surface area contributed by atoms with Crippen LogP contribution in [0.1, 0.15) is 64.7 Å². The molecule has 9 nitrogen and oxygen atoms in total. The van der Waals surface area contributed by atoms with Gasteiger partial charge in [-0.15, -0.1) is 22.7 Å². The summed E-state index contributed by atoms with van der Waals surface area (Å²) in [5, 5.41) is 13.8. The predicted molar refractivity (Wildman–Crippen MR) is 185 cm³/mol. The molecule has 238 valence electrons. The zero-order valence-corrected chi connectivity index (χ0v) is 28.2. The molecular formula is C34H45N9S2. The van der Waals surface area contributed by atoms with Crippen molar-refractivity contribution in [3.8, 4) is 0 Å². The summed E-state index contributed by atoms with van der Waals surface area (Å²) in [6.07, 6.45) is 12.6. The van der Waals surface area contributed by atoms with Gasteiger partial charge >= 0.3 is 0 Å². The van der Waals surface area contributed by atoms with E-state index in [-0.39, 0.29) is 0 Å². The molecular weight excluding hydrogens is 599 g/mol. The number of nitrogens with one attached hydrogen (secondary N) is 3. The molecule has 4 aromatic rings. The van der Waals surface area contributed by atoms with Crippen molar-refractivity contribution >= 4 is 54.7 Å². The first-order chi connectivity index (χ1) is 22.1. The predicted octanol–water partition coefficient (Wildman–Crippen LogP) is 4.91. The van der Waals surface area contributed by atoms with E-state index in [0.717, 1.165) is 86.7 Å². The second-order valence-corrected chi connectivity index (χ2v) is 16.5. The number of fused-ring (bicyclic) bond motifs is 9. The van der Waals surface area contributed by atoms with Gasteiger partial charge in [0, 0.05) is 67.0 Å². The minimum atomic E-state index is 0.294. The largest absolute Gasteiger partial charge is 0.368 e. The van der Waals surface area contributed by atoms with Crippen molar-refractivity contribution in [1.82, 2.24) is 35.1 Å². The van der Waals surface area contributed by atoms with Crippen LogP contribution >= 0.6 is 22.7 Å². The lowest BCUT2D eigenvalue weighted by molar-refractivity contribution is 0.0523. The highest BCUT2D eigenvalue weighted by Gasteiger charge is 2.43. The number of hydrogen-bond donors (Lipinski definition) is 3. The smallest absolute Gasteiger partial charge is 0.138 e. The minimum Gasteiger partial charge on any atom is -0.368 e. The van der Waals surface area contributed by atoms with Gasteiger partial charge in [0.05, 0.1) is 10.8 Å². The van der Waals surface area contributed by atoms with Crippen molar-refractivity contribution < 1.29 is 0 Å². The zero-order valence-electron chi connectivity index (χ0n) is 26.6. The van der Waals surface area contributed by atoms with Gasteiger partial charge in [0.1, 0.15) is 33.4 Å². The number of nitrogens with zero attached hydrogens (tertiary/aromatic N) is 6. The Hall–Kier alpha value is -2.44. The Kier molecular flexibility index (Phi) is 7.45. The first-order valence-corrected chi connectivity index (χ1v) is 18.9. The van der Waals surface area contributed by atoms with Crippen LogP contribution in [0, 0.1) is 11.8 Å². The number of hydrogen-bond acceptors (Lipinski definition) is 11. The van der Waals surface area contributed by atoms with Crippen molar-refractivity contribution in [3.05, 3.63) is 33.0 Å². The molecule has 45 heavy (non-hydrogen) atoms. The Morgan fingerprint density at radius 1 is 0.933 bits per heavy atom. The lowest BCUT2D eigenvalue weighted by Gasteiger charge is -2.50. The van der Waals surface area contributed by atoms with E-state index in [9.17, 15) is 0 Å². The lowest BCUT2D eigenvalue weighted by atomic mass is 9.64. The van der Waals surface area contributed by atoms with Crippen LogP contribution in [-0.2, 0) is 25.7 Å². The number of aromatic nitrogens is 4. The summed E-state index contributed by atoms with van der Waals surface area (Å²) in [7, 11) is 4.52. The fraction of sp³-hybridized carbons (Fsp3) is 0.647. The summed E-state index contributed by atoms with van der Waals surface area (Å²) in [6.45, 7) is 6.38. The molecule has 3 N–H and O–H groups in total. The highest BCUT2D eigenvalue weighted by molar-refractivity contribution is 7.19. The van der Waals surface area contributed by atoms with Crippen molar-refractivity contribution in [2.45, 2.75) is 75.8 Å². The van der Waals surface area contributed by atoms with Gasteiger partial charge < -0.3 is 20.9 Å². The third-order valence-electron chi connectivity index (χ3n) is 11.5. The summed E-state index contributed by atoms with van der Waals surface area (Å²) in [5.41, 5.74) is 2.93. The quantitative estimate of drug-likeness (QED) is 0.248. The molecule has 5 atom stereocenters. The summed E-state index contributed by atoms with van der Waals surface area (Å²) in [4.78, 5) is 30.5. The maximum Gasteiger partial charge on any atom is 0.138 e. The molecule has 4 fully saturated rings. The number of aryl methyl sites for hydroxylation is 2. The third kappa shape index (κ3) is 5.13. The van der Waals surface area contributed by atoms with Crippen LogP contribution in [0.3, 0.4) is 0 Å². The molecule has 1 saturated heterocycles. The first kappa shape index (κ1) is 28.8. The average Bonchev–Trinajstić information content (AvgIpc) is 3.82. The fourth-order valence-corrected chi connectivity index (χ4v) is 11.8. The Balaban J connectivity index is 0.996. The molecule has 6 aliphatic rings. The van der Waals surface area contributed by atoms with Crippen LogP contribution in [-0.4, -0.2) is 95.2 Å². The minimum absolute atomic E-state index is 0.294. The van der Waals surface area contributed by atoms with Crippen molar-refractivity contribution in [3.63, 3.8) is 0 Å². The lowest BCUT2D eigenvalue weighted by Crippen LogP contribution is -2.53. The maximum absolute atomic E-state index is 5.33. The number of anilines is 2. The van der Waals surface area contributed by atoms with Gasteiger partial charge in [-0.3, -0.25) is 4.90 Å². The van der Waals surface area contributed by atoms with Crippen LogP contribution < -0.4 is 16.0 Å². The van der Waals surface area contributed by atoms with Gasteiger partial charge in [-0.1, -0.05) is 0 Å². The second-order valence-electron chi connectivity index (χ2n) is 14.4. The van der Waals surface area contributed by atoms with Gasteiger partial charge in [-0.25, -0.2) is 19.9 Å². The van der Waals surface area contributed by atoms with Gasteiger partial charge in [0.15, 0.2) is 0 Å². The number of thiophene rings is 2. The molecule has 2 bridgehead atoms. The van der Waals surface area contributed by atoms with Crippen molar-refractivity contribution in [2.75, 3.05) is 64.0 Å². The van der Waals surface area contributed by atoms with E-state index in [4.69, 9.17) is 19.9 Å². The van der Waals surface area contributed by atoms with Crippen LogP contribution in [0.25, 0.3) is 20.4 Å². The fourth-order valence-electron chi connectivity index (χ4n) is 9.25. The molecule has 5 heterocycles. The van der Waals surface area contributed by atoms with E-state index < -0.39 is 0 Å². The van der Waals surface area contributed by atoms with Gasteiger partial charge in [-0.05, 0) is 94.8 Å². The maximum atomic E-state index is 5.33. The molecule has 5 aliphatic carbocycles. The SMILES string of the molecule is CN(C)C1CC2CCC1C(Nc1ncnc3sc4c(c13)CC(c1nc(NCCN3CCNCC3)c3c5c(sc3n1)CCC5)C4)C2. The second kappa shape index (κ2) is 11.7. The average molecular weight is 644 g/mol. The Bertz CT molecular complexity index is 1720. The number of piperazine rings is 1. The molecule has 0 amide bonds. The van der Waals surface area contributed by atoms with Crippen LogP contribution in [0.2, 0.25) is 0 Å². The Labute approximate surface area is 273 Å². The van der Waals surface area contributed by atoms with E-state index in [0.29, 0.717) is 23.9 Å². The van der Waals surface area contributed by atoms with Crippen LogP contribution in [0.15, 0.2) is 6.33 Å². The standard InChI is InChI=1S/C34H45N9S2/c1-42(2)25-15-19-6-7-21(25)24(14-19)39-32-29-23-16-20(17-27(23)45-33(29)38-18-37-32)30-40-31(36-10-13-43-11-8-35-9-12-43)28-22-4-3-5-26(22)44-34(28)41-30/h18-21,24-25,35H,3-17H2,1-2H3,(H,36,40,41)(H,37,38,39).